The number of hydrogen-bond donors (Lipinski definition) is 3. The van der Waals surface area contributed by atoms with Gasteiger partial charge in [0.25, 0.3) is 5.56 Å². The van der Waals surface area contributed by atoms with Crippen LogP contribution in [0.1, 0.15) is 5.69 Å². The molecule has 0 spiro atoms. The number of nitrogens with one attached hydrogen (secondary N) is 3. The third kappa shape index (κ3) is 1.75. The average Bonchev–Trinajstić information content (AvgIpc) is 2.00. The zero-order valence-corrected chi connectivity index (χ0v) is 7.16. The molecule has 0 aliphatic carbocycles. The Kier molecular flexibility index (Phi) is 2.67. The van der Waals surface area contributed by atoms with Crippen LogP contribution in [0.5, 0.6) is 0 Å². The fourth-order valence-electron chi connectivity index (χ4n) is 0.817. The lowest BCUT2D eigenvalue weighted by molar-refractivity contribution is 0.775. The predicted octanol–water partition coefficient (Wildman–Crippen LogP) is -0.564. The lowest BCUT2D eigenvalue weighted by atomic mass is 10.4. The standard InChI is InChI=1S/C6H8ClN3O2/c1-8-2-3-4(7)5(11)10-6(12)9-3/h8H,2H2,1H3,(H2,9,10,11,12). The SMILES string of the molecule is CNCc1[nH]c(=O)[nH]c(=O)c1Cl. The van der Waals surface area contributed by atoms with Crippen LogP contribution >= 0.6 is 11.6 Å². The van der Waals surface area contributed by atoms with Gasteiger partial charge in [0, 0.05) is 6.54 Å². The third-order valence-corrected chi connectivity index (χ3v) is 1.71. The van der Waals surface area contributed by atoms with Crippen LogP contribution in [-0.4, -0.2) is 17.0 Å². The van der Waals surface area contributed by atoms with Crippen LogP contribution in [0.2, 0.25) is 5.02 Å². The van der Waals surface area contributed by atoms with Gasteiger partial charge in [0.05, 0.1) is 5.69 Å². The molecule has 66 valence electrons. The molecule has 0 saturated heterocycles. The van der Waals surface area contributed by atoms with Crippen LogP contribution in [0.15, 0.2) is 9.59 Å². The minimum Gasteiger partial charge on any atom is -0.314 e. The van der Waals surface area contributed by atoms with E-state index in [-0.39, 0.29) is 5.02 Å². The van der Waals surface area contributed by atoms with E-state index >= 15 is 0 Å². The molecule has 0 saturated carbocycles. The molecule has 6 heteroatoms. The number of aromatic nitrogens is 2. The van der Waals surface area contributed by atoms with Crippen molar-refractivity contribution in [3.05, 3.63) is 31.6 Å². The topological polar surface area (TPSA) is 77.8 Å². The first-order chi connectivity index (χ1) is 5.65. The number of halogens is 1. The molecule has 1 aromatic heterocycles. The summed E-state index contributed by atoms with van der Waals surface area (Å²) < 4.78 is 0. The van der Waals surface area contributed by atoms with Crippen molar-refractivity contribution < 1.29 is 0 Å². The van der Waals surface area contributed by atoms with E-state index < -0.39 is 11.2 Å². The van der Waals surface area contributed by atoms with Gasteiger partial charge in [-0.05, 0) is 7.05 Å². The Bertz CT molecular complexity index is 381. The lowest BCUT2D eigenvalue weighted by Gasteiger charge is -2.00. The van der Waals surface area contributed by atoms with E-state index in [1.165, 1.54) is 0 Å². The highest BCUT2D eigenvalue weighted by Crippen LogP contribution is 2.03. The Morgan fingerprint density at radius 3 is 2.67 bits per heavy atom. The van der Waals surface area contributed by atoms with Crippen LogP contribution in [-0.2, 0) is 6.54 Å². The summed E-state index contributed by atoms with van der Waals surface area (Å²) in [5.41, 5.74) is -0.715. The molecule has 1 aromatic rings. The van der Waals surface area contributed by atoms with E-state index in [9.17, 15) is 9.59 Å². The predicted molar refractivity (Wildman–Crippen MR) is 45.5 cm³/mol. The van der Waals surface area contributed by atoms with Crippen molar-refractivity contribution in [2.24, 2.45) is 0 Å². The maximum Gasteiger partial charge on any atom is 0.326 e. The highest BCUT2D eigenvalue weighted by Gasteiger charge is 2.04. The molecular weight excluding hydrogens is 182 g/mol. The Morgan fingerprint density at radius 2 is 2.08 bits per heavy atom. The summed E-state index contributed by atoms with van der Waals surface area (Å²) in [7, 11) is 1.69. The molecule has 0 amide bonds. The van der Waals surface area contributed by atoms with Crippen molar-refractivity contribution in [3.63, 3.8) is 0 Å². The second-order valence-electron chi connectivity index (χ2n) is 2.23. The first-order valence-electron chi connectivity index (χ1n) is 3.30. The van der Waals surface area contributed by atoms with Gasteiger partial charge in [-0.2, -0.15) is 0 Å². The normalized spacial score (nSPS) is 10.2. The van der Waals surface area contributed by atoms with Gasteiger partial charge in [-0.3, -0.25) is 9.78 Å². The molecule has 0 aromatic carbocycles. The molecule has 0 bridgehead atoms. The summed E-state index contributed by atoms with van der Waals surface area (Å²) in [5.74, 6) is 0. The van der Waals surface area contributed by atoms with Gasteiger partial charge in [0.1, 0.15) is 5.02 Å². The smallest absolute Gasteiger partial charge is 0.314 e. The zero-order valence-electron chi connectivity index (χ0n) is 6.40. The lowest BCUT2D eigenvalue weighted by Crippen LogP contribution is -2.26. The van der Waals surface area contributed by atoms with E-state index in [0.717, 1.165) is 0 Å². The van der Waals surface area contributed by atoms with Crippen LogP contribution in [0.4, 0.5) is 0 Å². The fraction of sp³-hybridized carbons (Fsp3) is 0.333. The van der Waals surface area contributed by atoms with Gasteiger partial charge >= 0.3 is 5.69 Å². The summed E-state index contributed by atoms with van der Waals surface area (Å²) in [5, 5.41) is 2.79. The maximum atomic E-state index is 10.9. The molecule has 1 rings (SSSR count). The Hall–Kier alpha value is -1.07. The number of H-pyrrole nitrogens is 2. The minimum absolute atomic E-state index is 0.0175. The number of rotatable bonds is 2. The Balaban J connectivity index is 3.28. The Morgan fingerprint density at radius 1 is 1.42 bits per heavy atom. The van der Waals surface area contributed by atoms with Gasteiger partial charge < -0.3 is 10.3 Å². The number of hydrogen-bond acceptors (Lipinski definition) is 3. The highest BCUT2D eigenvalue weighted by atomic mass is 35.5. The first kappa shape index (κ1) is 9.02. The fourth-order valence-corrected chi connectivity index (χ4v) is 0.978. The monoisotopic (exact) mass is 189 g/mol. The maximum absolute atomic E-state index is 10.9. The molecule has 0 fully saturated rings. The van der Waals surface area contributed by atoms with Crippen LogP contribution in [0, 0.1) is 0 Å². The highest BCUT2D eigenvalue weighted by molar-refractivity contribution is 6.30. The first-order valence-corrected chi connectivity index (χ1v) is 3.68. The molecule has 0 atom stereocenters. The Labute approximate surface area is 72.8 Å². The second kappa shape index (κ2) is 3.55. The van der Waals surface area contributed by atoms with Crippen molar-refractivity contribution in [2.45, 2.75) is 6.54 Å². The van der Waals surface area contributed by atoms with Crippen molar-refractivity contribution in [1.29, 1.82) is 0 Å². The average molecular weight is 190 g/mol. The second-order valence-corrected chi connectivity index (χ2v) is 2.61. The van der Waals surface area contributed by atoms with E-state index in [1.807, 2.05) is 4.98 Å². The summed E-state index contributed by atoms with van der Waals surface area (Å²) in [4.78, 5) is 26.1. The zero-order chi connectivity index (χ0) is 9.14. The molecule has 0 aliphatic rings. The molecule has 0 radical (unpaired) electrons. The minimum atomic E-state index is -0.564. The van der Waals surface area contributed by atoms with Gasteiger partial charge in [-0.15, -0.1) is 0 Å². The summed E-state index contributed by atoms with van der Waals surface area (Å²) in [6.45, 7) is 0.359. The molecule has 12 heavy (non-hydrogen) atoms. The molecule has 0 unspecified atom stereocenters. The van der Waals surface area contributed by atoms with Crippen LogP contribution in [0.3, 0.4) is 0 Å². The summed E-state index contributed by atoms with van der Waals surface area (Å²) in [6, 6.07) is 0. The molecule has 1 heterocycles. The molecule has 0 aliphatic heterocycles. The molecular formula is C6H8ClN3O2. The van der Waals surface area contributed by atoms with Crippen molar-refractivity contribution >= 4 is 11.6 Å². The molecule has 3 N–H and O–H groups in total. The van der Waals surface area contributed by atoms with Crippen molar-refractivity contribution in [1.82, 2.24) is 15.3 Å². The van der Waals surface area contributed by atoms with E-state index in [1.54, 1.807) is 7.05 Å². The summed E-state index contributed by atoms with van der Waals surface area (Å²) in [6.07, 6.45) is 0. The van der Waals surface area contributed by atoms with Crippen LogP contribution < -0.4 is 16.6 Å². The number of aromatic amines is 2. The van der Waals surface area contributed by atoms with Crippen molar-refractivity contribution in [2.75, 3.05) is 7.05 Å². The van der Waals surface area contributed by atoms with E-state index in [4.69, 9.17) is 11.6 Å². The van der Waals surface area contributed by atoms with Gasteiger partial charge in [-0.1, -0.05) is 11.6 Å². The van der Waals surface area contributed by atoms with Gasteiger partial charge in [0.15, 0.2) is 0 Å². The summed E-state index contributed by atoms with van der Waals surface area (Å²) >= 11 is 5.59. The third-order valence-electron chi connectivity index (χ3n) is 1.31. The largest absolute Gasteiger partial charge is 0.326 e. The van der Waals surface area contributed by atoms with Crippen LogP contribution in [0.25, 0.3) is 0 Å². The van der Waals surface area contributed by atoms with Gasteiger partial charge in [-0.25, -0.2) is 4.79 Å². The van der Waals surface area contributed by atoms with E-state index in [0.29, 0.717) is 12.2 Å². The van der Waals surface area contributed by atoms with E-state index in [2.05, 4.69) is 10.3 Å². The van der Waals surface area contributed by atoms with Crippen molar-refractivity contribution in [3.8, 4) is 0 Å². The van der Waals surface area contributed by atoms with Gasteiger partial charge in [0.2, 0.25) is 0 Å². The quantitative estimate of drug-likeness (QED) is 0.584. The molecule has 5 nitrogen and oxygen atoms in total.